The fourth-order valence-electron chi connectivity index (χ4n) is 0.576. The average Bonchev–Trinajstić information content (AvgIpc) is 1.88. The number of hydrogen-bond donors (Lipinski definition) is 1. The maximum Gasteiger partial charge on any atom is 0.132 e. The lowest BCUT2D eigenvalue weighted by Gasteiger charge is -2.00. The molecule has 1 aromatic heterocycles. The number of aliphatic hydroxyl groups excluding tert-OH is 1. The van der Waals surface area contributed by atoms with Crippen molar-refractivity contribution in [3.05, 3.63) is 23.2 Å². The van der Waals surface area contributed by atoms with Gasteiger partial charge in [-0.3, -0.25) is 0 Å². The topological polar surface area (TPSA) is 46.0 Å². The van der Waals surface area contributed by atoms with Crippen LogP contribution >= 0.6 is 11.6 Å². The molecule has 0 saturated carbocycles. The van der Waals surface area contributed by atoms with Crippen molar-refractivity contribution in [3.8, 4) is 0 Å². The minimum absolute atomic E-state index is 0.353. The van der Waals surface area contributed by atoms with Crippen LogP contribution in [0.5, 0.6) is 0 Å². The van der Waals surface area contributed by atoms with Gasteiger partial charge in [0, 0.05) is 0 Å². The van der Waals surface area contributed by atoms with E-state index in [1.165, 1.54) is 12.4 Å². The minimum Gasteiger partial charge on any atom is -0.387 e. The van der Waals surface area contributed by atoms with Crippen LogP contribution in [0.15, 0.2) is 12.4 Å². The second-order valence-corrected chi connectivity index (χ2v) is 2.33. The second kappa shape index (κ2) is 2.94. The van der Waals surface area contributed by atoms with Gasteiger partial charge < -0.3 is 5.11 Å². The lowest BCUT2D eigenvalue weighted by atomic mass is 10.3. The minimum atomic E-state index is -0.583. The zero-order valence-electron chi connectivity index (χ0n) is 5.45. The molecule has 0 aliphatic heterocycles. The van der Waals surface area contributed by atoms with Crippen LogP contribution in [0.3, 0.4) is 0 Å². The summed E-state index contributed by atoms with van der Waals surface area (Å²) in [6.07, 6.45) is 0.741. The number of aromatic nitrogens is 2. The van der Waals surface area contributed by atoms with Gasteiger partial charge in [0.05, 0.1) is 11.8 Å². The van der Waals surface area contributed by atoms with Crippen molar-refractivity contribution >= 4 is 11.6 Å². The Morgan fingerprint density at radius 2 is 2.30 bits per heavy atom. The Labute approximate surface area is 63.7 Å². The molecule has 1 heterocycles. The highest BCUT2D eigenvalue weighted by Crippen LogP contribution is 2.10. The van der Waals surface area contributed by atoms with E-state index in [4.69, 9.17) is 16.7 Å². The van der Waals surface area contributed by atoms with E-state index in [9.17, 15) is 0 Å². The maximum atomic E-state index is 9.00. The first-order valence-corrected chi connectivity index (χ1v) is 3.23. The highest BCUT2D eigenvalue weighted by Gasteiger charge is 2.01. The summed E-state index contributed by atoms with van der Waals surface area (Å²) in [5.74, 6) is 0. The van der Waals surface area contributed by atoms with Gasteiger partial charge in [0.2, 0.25) is 0 Å². The van der Waals surface area contributed by atoms with Gasteiger partial charge in [-0.25, -0.2) is 9.97 Å². The number of aliphatic hydroxyl groups is 1. The molecular weight excluding hydrogens is 152 g/mol. The van der Waals surface area contributed by atoms with Crippen molar-refractivity contribution in [3.63, 3.8) is 0 Å². The van der Waals surface area contributed by atoms with E-state index in [2.05, 4.69) is 9.97 Å². The molecule has 1 rings (SSSR count). The summed E-state index contributed by atoms with van der Waals surface area (Å²) in [5, 5.41) is 9.35. The largest absolute Gasteiger partial charge is 0.387 e. The van der Waals surface area contributed by atoms with Crippen LogP contribution in [0.4, 0.5) is 0 Å². The highest BCUT2D eigenvalue weighted by atomic mass is 35.5. The van der Waals surface area contributed by atoms with E-state index >= 15 is 0 Å². The van der Waals surface area contributed by atoms with Gasteiger partial charge in [-0.05, 0) is 13.0 Å². The molecule has 10 heavy (non-hydrogen) atoms. The fourth-order valence-corrected chi connectivity index (χ4v) is 0.731. The number of hydrogen-bond acceptors (Lipinski definition) is 3. The quantitative estimate of drug-likeness (QED) is 0.625. The van der Waals surface area contributed by atoms with Crippen molar-refractivity contribution in [2.45, 2.75) is 13.0 Å². The number of halogens is 1. The Balaban J connectivity index is 2.96. The molecule has 3 nitrogen and oxygen atoms in total. The molecule has 0 aliphatic rings. The standard InChI is InChI=1S/C6H7ClN2O/c1-4(10)5-2-6(7)9-3-8-5/h2-4,10H,1H3. The lowest BCUT2D eigenvalue weighted by Crippen LogP contribution is -1.95. The molecule has 1 N–H and O–H groups in total. The van der Waals surface area contributed by atoms with Crippen molar-refractivity contribution in [1.82, 2.24) is 9.97 Å². The Hall–Kier alpha value is -0.670. The molecule has 4 heteroatoms. The molecule has 1 unspecified atom stereocenters. The molecule has 0 bridgehead atoms. The van der Waals surface area contributed by atoms with Gasteiger partial charge in [-0.1, -0.05) is 11.6 Å². The number of nitrogens with zero attached hydrogens (tertiary/aromatic N) is 2. The average molecular weight is 159 g/mol. The summed E-state index contributed by atoms with van der Waals surface area (Å²) >= 11 is 5.53. The van der Waals surface area contributed by atoms with Crippen molar-refractivity contribution in [2.24, 2.45) is 0 Å². The molecule has 0 aliphatic carbocycles. The third-order valence-corrected chi connectivity index (χ3v) is 1.29. The predicted octanol–water partition coefficient (Wildman–Crippen LogP) is 1.18. The normalized spacial score (nSPS) is 13.1. The van der Waals surface area contributed by atoms with Crippen LogP contribution in [0, 0.1) is 0 Å². The first kappa shape index (κ1) is 7.44. The summed E-state index contributed by atoms with van der Waals surface area (Å²) in [6, 6.07) is 1.53. The van der Waals surface area contributed by atoms with E-state index in [-0.39, 0.29) is 0 Å². The molecule has 0 radical (unpaired) electrons. The van der Waals surface area contributed by atoms with Crippen molar-refractivity contribution in [2.75, 3.05) is 0 Å². The summed E-state index contributed by atoms with van der Waals surface area (Å²) < 4.78 is 0. The van der Waals surface area contributed by atoms with E-state index in [0.717, 1.165) is 0 Å². The van der Waals surface area contributed by atoms with Gasteiger partial charge in [-0.2, -0.15) is 0 Å². The Morgan fingerprint density at radius 3 is 2.70 bits per heavy atom. The Morgan fingerprint density at radius 1 is 1.60 bits per heavy atom. The van der Waals surface area contributed by atoms with Crippen LogP contribution in [0.2, 0.25) is 5.15 Å². The van der Waals surface area contributed by atoms with Crippen molar-refractivity contribution in [1.29, 1.82) is 0 Å². The summed E-state index contributed by atoms with van der Waals surface area (Å²) in [4.78, 5) is 7.46. The molecule has 1 atom stereocenters. The van der Waals surface area contributed by atoms with Crippen molar-refractivity contribution < 1.29 is 5.11 Å². The lowest BCUT2D eigenvalue weighted by molar-refractivity contribution is 0.194. The van der Waals surface area contributed by atoms with Gasteiger partial charge in [0.1, 0.15) is 11.5 Å². The second-order valence-electron chi connectivity index (χ2n) is 1.94. The first-order chi connectivity index (χ1) is 4.70. The summed E-state index contributed by atoms with van der Waals surface area (Å²) in [6.45, 7) is 1.62. The van der Waals surface area contributed by atoms with E-state index in [1.54, 1.807) is 6.92 Å². The van der Waals surface area contributed by atoms with E-state index in [1.807, 2.05) is 0 Å². The van der Waals surface area contributed by atoms with Gasteiger partial charge in [0.25, 0.3) is 0 Å². The monoisotopic (exact) mass is 158 g/mol. The van der Waals surface area contributed by atoms with Crippen LogP contribution < -0.4 is 0 Å². The smallest absolute Gasteiger partial charge is 0.132 e. The van der Waals surface area contributed by atoms with Crippen LogP contribution in [0.1, 0.15) is 18.7 Å². The molecule has 0 fully saturated rings. The van der Waals surface area contributed by atoms with Crippen LogP contribution in [-0.2, 0) is 0 Å². The predicted molar refractivity (Wildman–Crippen MR) is 37.7 cm³/mol. The third-order valence-electron chi connectivity index (χ3n) is 1.08. The Bertz CT molecular complexity index is 227. The molecule has 54 valence electrons. The SMILES string of the molecule is CC(O)c1cc(Cl)ncn1. The van der Waals surface area contributed by atoms with Crippen LogP contribution in [0.25, 0.3) is 0 Å². The molecule has 0 amide bonds. The fraction of sp³-hybridized carbons (Fsp3) is 0.333. The number of rotatable bonds is 1. The summed E-state index contributed by atoms with van der Waals surface area (Å²) in [7, 11) is 0. The Kier molecular flexibility index (Phi) is 2.19. The molecule has 0 aromatic carbocycles. The molecule has 1 aromatic rings. The molecule has 0 spiro atoms. The molecule has 0 saturated heterocycles. The first-order valence-electron chi connectivity index (χ1n) is 2.85. The van der Waals surface area contributed by atoms with Gasteiger partial charge in [0.15, 0.2) is 0 Å². The van der Waals surface area contributed by atoms with E-state index < -0.39 is 6.10 Å². The third kappa shape index (κ3) is 1.65. The summed E-state index contributed by atoms with van der Waals surface area (Å²) in [5.41, 5.74) is 0.542. The van der Waals surface area contributed by atoms with Gasteiger partial charge in [-0.15, -0.1) is 0 Å². The maximum absolute atomic E-state index is 9.00. The zero-order valence-corrected chi connectivity index (χ0v) is 6.21. The molecular formula is C6H7ClN2O. The highest BCUT2D eigenvalue weighted by molar-refractivity contribution is 6.29. The van der Waals surface area contributed by atoms with E-state index in [0.29, 0.717) is 10.8 Å². The van der Waals surface area contributed by atoms with Crippen LogP contribution in [-0.4, -0.2) is 15.1 Å². The zero-order chi connectivity index (χ0) is 7.56. The van der Waals surface area contributed by atoms with Gasteiger partial charge >= 0.3 is 0 Å².